The molecule has 0 atom stereocenters. The Morgan fingerprint density at radius 3 is 2.63 bits per heavy atom. The number of Topliss-reactive ketones (excluding diaryl/α,β-unsaturated/α-hetero) is 1. The fourth-order valence-electron chi connectivity index (χ4n) is 3.25. The van der Waals surface area contributed by atoms with Crippen molar-refractivity contribution in [2.45, 2.75) is 32.6 Å². The van der Waals surface area contributed by atoms with Gasteiger partial charge in [-0.2, -0.15) is 0 Å². The van der Waals surface area contributed by atoms with Gasteiger partial charge < -0.3 is 14.9 Å². The molecular weight excluding hydrogens is 340 g/mol. The predicted molar refractivity (Wildman–Crippen MR) is 106 cm³/mol. The molecule has 3 rings (SSSR count). The number of nitrogens with two attached hydrogens (primary N) is 1. The van der Waals surface area contributed by atoms with E-state index in [2.05, 4.69) is 10.5 Å². The summed E-state index contributed by atoms with van der Waals surface area (Å²) >= 11 is 0. The number of anilines is 1. The SMILES string of the molecule is CCOC(=O)CCCc1c(CC(=O)c2ccc(N)cc2)cc2ccccn12. The molecule has 0 saturated heterocycles. The van der Waals surface area contributed by atoms with Crippen molar-refractivity contribution in [1.29, 1.82) is 0 Å². The second-order valence-electron chi connectivity index (χ2n) is 6.49. The van der Waals surface area contributed by atoms with Crippen molar-refractivity contribution in [3.8, 4) is 0 Å². The van der Waals surface area contributed by atoms with Gasteiger partial charge in [-0.15, -0.1) is 0 Å². The summed E-state index contributed by atoms with van der Waals surface area (Å²) in [5.41, 5.74) is 10.1. The summed E-state index contributed by atoms with van der Waals surface area (Å²) in [6.45, 7) is 2.20. The first-order valence-electron chi connectivity index (χ1n) is 9.20. The van der Waals surface area contributed by atoms with Crippen molar-refractivity contribution < 1.29 is 14.3 Å². The van der Waals surface area contributed by atoms with E-state index in [1.165, 1.54) is 0 Å². The number of hydrogen-bond acceptors (Lipinski definition) is 4. The number of nitrogens with zero attached hydrogens (tertiary/aromatic N) is 1. The highest BCUT2D eigenvalue weighted by atomic mass is 16.5. The van der Waals surface area contributed by atoms with Gasteiger partial charge in [0.2, 0.25) is 0 Å². The van der Waals surface area contributed by atoms with Crippen LogP contribution in [-0.4, -0.2) is 22.8 Å². The molecule has 0 aliphatic carbocycles. The number of pyridine rings is 1. The van der Waals surface area contributed by atoms with Gasteiger partial charge in [0.25, 0.3) is 0 Å². The van der Waals surface area contributed by atoms with Crippen molar-refractivity contribution in [2.24, 2.45) is 0 Å². The first kappa shape index (κ1) is 18.7. The Morgan fingerprint density at radius 2 is 1.89 bits per heavy atom. The summed E-state index contributed by atoms with van der Waals surface area (Å²) in [5.74, 6) is -0.129. The Kier molecular flexibility index (Phi) is 5.91. The Bertz CT molecular complexity index is 942. The summed E-state index contributed by atoms with van der Waals surface area (Å²) in [4.78, 5) is 24.3. The maximum absolute atomic E-state index is 12.7. The summed E-state index contributed by atoms with van der Waals surface area (Å²) in [5, 5.41) is 0. The van der Waals surface area contributed by atoms with Gasteiger partial charge in [0.05, 0.1) is 6.61 Å². The Hall–Kier alpha value is -3.08. The predicted octanol–water partition coefficient (Wildman–Crippen LogP) is 3.83. The molecule has 0 bridgehead atoms. The average Bonchev–Trinajstić information content (AvgIpc) is 3.00. The maximum Gasteiger partial charge on any atom is 0.305 e. The van der Waals surface area contributed by atoms with Crippen LogP contribution in [0.1, 0.15) is 41.4 Å². The number of hydrogen-bond donors (Lipinski definition) is 1. The van der Waals surface area contributed by atoms with Gasteiger partial charge >= 0.3 is 5.97 Å². The highest BCUT2D eigenvalue weighted by Gasteiger charge is 2.15. The number of ether oxygens (including phenoxy) is 1. The minimum Gasteiger partial charge on any atom is -0.466 e. The molecule has 0 unspecified atom stereocenters. The third-order valence-corrected chi connectivity index (χ3v) is 4.56. The van der Waals surface area contributed by atoms with E-state index < -0.39 is 0 Å². The van der Waals surface area contributed by atoms with Crippen molar-refractivity contribution in [3.05, 3.63) is 71.5 Å². The lowest BCUT2D eigenvalue weighted by Gasteiger charge is -2.07. The van der Waals surface area contributed by atoms with Crippen LogP contribution in [0, 0.1) is 0 Å². The van der Waals surface area contributed by atoms with Crippen molar-refractivity contribution in [1.82, 2.24) is 4.40 Å². The Labute approximate surface area is 158 Å². The van der Waals surface area contributed by atoms with Crippen molar-refractivity contribution in [2.75, 3.05) is 12.3 Å². The molecule has 5 heteroatoms. The first-order chi connectivity index (χ1) is 13.1. The van der Waals surface area contributed by atoms with E-state index in [4.69, 9.17) is 10.5 Å². The normalized spacial score (nSPS) is 10.9. The molecule has 0 spiro atoms. The second kappa shape index (κ2) is 8.54. The Balaban J connectivity index is 1.80. The first-order valence-corrected chi connectivity index (χ1v) is 9.20. The fraction of sp³-hybridized carbons (Fsp3) is 0.273. The molecule has 2 aromatic heterocycles. The van der Waals surface area contributed by atoms with Crippen LogP contribution in [-0.2, 0) is 22.4 Å². The summed E-state index contributed by atoms with van der Waals surface area (Å²) < 4.78 is 7.09. The third-order valence-electron chi connectivity index (χ3n) is 4.56. The van der Waals surface area contributed by atoms with Gasteiger partial charge in [0.15, 0.2) is 5.78 Å². The van der Waals surface area contributed by atoms with Gasteiger partial charge in [-0.25, -0.2) is 0 Å². The van der Waals surface area contributed by atoms with E-state index >= 15 is 0 Å². The standard InChI is InChI=1S/C22H24N2O3/c1-2-27-22(26)8-5-7-20-17(14-19-6-3-4-13-24(19)20)15-21(25)16-9-11-18(23)12-10-16/h3-4,6,9-14H,2,5,7-8,15,23H2,1H3. The minimum absolute atomic E-state index is 0.0533. The maximum atomic E-state index is 12.7. The molecule has 1 aromatic carbocycles. The van der Waals surface area contributed by atoms with Gasteiger partial charge in [-0.05, 0) is 67.8 Å². The summed E-state index contributed by atoms with van der Waals surface area (Å²) in [7, 11) is 0. The summed E-state index contributed by atoms with van der Waals surface area (Å²) in [6, 6.07) is 15.0. The van der Waals surface area contributed by atoms with Crippen LogP contribution in [0.4, 0.5) is 5.69 Å². The monoisotopic (exact) mass is 364 g/mol. The quantitative estimate of drug-likeness (QED) is 0.374. The molecule has 3 aromatic rings. The number of fused-ring (bicyclic) bond motifs is 1. The molecular formula is C22H24N2O3. The number of benzene rings is 1. The number of rotatable bonds is 8. The second-order valence-corrected chi connectivity index (χ2v) is 6.49. The van der Waals surface area contributed by atoms with E-state index in [1.54, 1.807) is 31.2 Å². The summed E-state index contributed by atoms with van der Waals surface area (Å²) in [6.07, 6.45) is 4.08. The molecule has 0 aliphatic rings. The molecule has 5 nitrogen and oxygen atoms in total. The van der Waals surface area contributed by atoms with Gasteiger partial charge in [-0.1, -0.05) is 6.07 Å². The number of aryl methyl sites for hydroxylation is 1. The number of ketones is 1. The van der Waals surface area contributed by atoms with Crippen LogP contribution >= 0.6 is 0 Å². The molecule has 0 radical (unpaired) electrons. The molecule has 0 saturated carbocycles. The lowest BCUT2D eigenvalue weighted by Crippen LogP contribution is -2.08. The molecule has 0 amide bonds. The lowest BCUT2D eigenvalue weighted by molar-refractivity contribution is -0.143. The molecule has 2 N–H and O–H groups in total. The average molecular weight is 364 g/mol. The highest BCUT2D eigenvalue weighted by molar-refractivity contribution is 5.98. The van der Waals surface area contributed by atoms with Gasteiger partial charge in [-0.3, -0.25) is 9.59 Å². The van der Waals surface area contributed by atoms with Crippen molar-refractivity contribution in [3.63, 3.8) is 0 Å². The van der Waals surface area contributed by atoms with Crippen LogP contribution in [0.3, 0.4) is 0 Å². The lowest BCUT2D eigenvalue weighted by atomic mass is 10.0. The van der Waals surface area contributed by atoms with E-state index in [-0.39, 0.29) is 11.8 Å². The van der Waals surface area contributed by atoms with Gasteiger partial charge in [0.1, 0.15) is 0 Å². The number of esters is 1. The van der Waals surface area contributed by atoms with Crippen LogP contribution in [0.25, 0.3) is 5.52 Å². The zero-order chi connectivity index (χ0) is 19.2. The topological polar surface area (TPSA) is 73.8 Å². The molecule has 27 heavy (non-hydrogen) atoms. The van der Waals surface area contributed by atoms with E-state index in [0.29, 0.717) is 43.5 Å². The molecule has 2 heterocycles. The van der Waals surface area contributed by atoms with Crippen molar-refractivity contribution >= 4 is 23.0 Å². The largest absolute Gasteiger partial charge is 0.466 e. The minimum atomic E-state index is -0.183. The molecule has 0 fully saturated rings. The third kappa shape index (κ3) is 4.56. The number of carbonyl (C=O) groups is 2. The number of aromatic nitrogens is 1. The number of nitrogen functional groups attached to an aromatic ring is 1. The Morgan fingerprint density at radius 1 is 1.11 bits per heavy atom. The van der Waals surface area contributed by atoms with Crippen LogP contribution < -0.4 is 5.73 Å². The smallest absolute Gasteiger partial charge is 0.305 e. The highest BCUT2D eigenvalue weighted by Crippen LogP contribution is 2.21. The molecule has 140 valence electrons. The van der Waals surface area contributed by atoms with Crippen LogP contribution in [0.2, 0.25) is 0 Å². The van der Waals surface area contributed by atoms with Crippen LogP contribution in [0.15, 0.2) is 54.7 Å². The fourth-order valence-corrected chi connectivity index (χ4v) is 3.25. The zero-order valence-electron chi connectivity index (χ0n) is 15.5. The molecule has 0 aliphatic heterocycles. The van der Waals surface area contributed by atoms with E-state index in [9.17, 15) is 9.59 Å². The van der Waals surface area contributed by atoms with Gasteiger partial charge in [0, 0.05) is 41.5 Å². The zero-order valence-corrected chi connectivity index (χ0v) is 15.5. The van der Waals surface area contributed by atoms with E-state index in [0.717, 1.165) is 16.8 Å². The number of carbonyl (C=O) groups excluding carboxylic acids is 2. The van der Waals surface area contributed by atoms with Crippen LogP contribution in [0.5, 0.6) is 0 Å². The van der Waals surface area contributed by atoms with E-state index in [1.807, 2.05) is 24.4 Å².